The van der Waals surface area contributed by atoms with E-state index in [1.807, 2.05) is 0 Å². The van der Waals surface area contributed by atoms with Crippen LogP contribution in [0.25, 0.3) is 17.2 Å². The maximum Gasteiger partial charge on any atom is 0.446 e. The molecular weight excluding hydrogens is 357 g/mol. The number of aliphatic hydroxyl groups excluding tert-OH is 1. The summed E-state index contributed by atoms with van der Waals surface area (Å²) in [4.78, 5) is 12.0. The van der Waals surface area contributed by atoms with Crippen molar-refractivity contribution in [2.45, 2.75) is 25.4 Å². The van der Waals surface area contributed by atoms with E-state index >= 15 is 0 Å². The van der Waals surface area contributed by atoms with Crippen molar-refractivity contribution in [3.63, 3.8) is 0 Å². The van der Waals surface area contributed by atoms with Crippen molar-refractivity contribution in [2.75, 3.05) is 6.61 Å². The van der Waals surface area contributed by atoms with Gasteiger partial charge in [0.25, 0.3) is 0 Å². The Kier molecular flexibility index (Phi) is 4.89. The molecule has 0 unspecified atom stereocenters. The Morgan fingerprint density at radius 3 is 2.69 bits per heavy atom. The van der Waals surface area contributed by atoms with E-state index in [9.17, 15) is 18.0 Å². The van der Waals surface area contributed by atoms with Crippen molar-refractivity contribution in [3.8, 4) is 17.2 Å². The molecule has 0 saturated carbocycles. The van der Waals surface area contributed by atoms with Gasteiger partial charge < -0.3 is 5.11 Å². The Bertz CT molecular complexity index is 945. The van der Waals surface area contributed by atoms with Gasteiger partial charge in [-0.3, -0.25) is 4.52 Å². The van der Waals surface area contributed by atoms with Gasteiger partial charge in [0.1, 0.15) is 5.69 Å². The van der Waals surface area contributed by atoms with Gasteiger partial charge in [0.2, 0.25) is 5.82 Å². The lowest BCUT2D eigenvalue weighted by Gasteiger charge is -2.09. The molecule has 138 valence electrons. The summed E-state index contributed by atoms with van der Waals surface area (Å²) in [5.41, 5.74) is -0.556. The number of alkyl halides is 3. The van der Waals surface area contributed by atoms with Crippen LogP contribution in [0.4, 0.5) is 13.2 Å². The molecule has 0 bridgehead atoms. The van der Waals surface area contributed by atoms with Gasteiger partial charge in [0.05, 0.1) is 11.3 Å². The van der Waals surface area contributed by atoms with Crippen molar-refractivity contribution < 1.29 is 27.4 Å². The normalized spacial score (nSPS) is 11.8. The van der Waals surface area contributed by atoms with Gasteiger partial charge >= 0.3 is 11.9 Å². The van der Waals surface area contributed by atoms with Crippen LogP contribution in [0.5, 0.6) is 0 Å². The third kappa shape index (κ3) is 3.52. The van der Waals surface area contributed by atoms with E-state index in [0.29, 0.717) is 25.0 Å². The molecule has 1 aromatic carbocycles. The average molecular weight is 370 g/mol. The smallest absolute Gasteiger partial charge is 0.396 e. The Morgan fingerprint density at radius 2 is 1.96 bits per heavy atom. The molecule has 0 aliphatic rings. The van der Waals surface area contributed by atoms with Gasteiger partial charge in [0.15, 0.2) is 5.69 Å². The molecule has 0 aliphatic carbocycles. The summed E-state index contributed by atoms with van der Waals surface area (Å²) in [7, 11) is 0. The number of halogens is 3. The number of rotatable bonds is 6. The number of aryl methyl sites for hydroxylation is 1. The van der Waals surface area contributed by atoms with E-state index in [0.717, 1.165) is 16.7 Å². The molecule has 0 amide bonds. The van der Waals surface area contributed by atoms with Crippen molar-refractivity contribution in [1.29, 1.82) is 0 Å². The minimum Gasteiger partial charge on any atom is -0.396 e. The molecule has 0 atom stereocenters. The second kappa shape index (κ2) is 7.12. The predicted octanol–water partition coefficient (Wildman–Crippen LogP) is 2.21. The minimum atomic E-state index is -4.57. The maximum absolute atomic E-state index is 12.9. The van der Waals surface area contributed by atoms with Crippen molar-refractivity contribution in [1.82, 2.24) is 20.0 Å². The largest absolute Gasteiger partial charge is 0.446 e. The fraction of sp³-hybridized carbons (Fsp3) is 0.333. The Morgan fingerprint density at radius 1 is 1.15 bits per heavy atom. The summed E-state index contributed by atoms with van der Waals surface area (Å²) in [5, 5.41) is 19.8. The lowest BCUT2D eigenvalue weighted by atomic mass is 10.1. The molecule has 0 spiro atoms. The van der Waals surface area contributed by atoms with Gasteiger partial charge in [-0.1, -0.05) is 16.4 Å². The Balaban J connectivity index is 2.04. The van der Waals surface area contributed by atoms with Crippen molar-refractivity contribution >= 4 is 0 Å². The van der Waals surface area contributed by atoms with Crippen LogP contribution in [-0.4, -0.2) is 31.8 Å². The first-order valence-corrected chi connectivity index (χ1v) is 7.61. The molecule has 0 fully saturated rings. The second-order valence-electron chi connectivity index (χ2n) is 5.40. The molecule has 0 saturated heterocycles. The minimum absolute atomic E-state index is 0.000480. The van der Waals surface area contributed by atoms with E-state index in [-0.39, 0.29) is 23.8 Å². The summed E-state index contributed by atoms with van der Waals surface area (Å²) in [5.74, 6) is -1.08. The molecular formula is C15H13F3N4O4. The molecule has 3 rings (SSSR count). The van der Waals surface area contributed by atoms with Crippen LogP contribution in [0.15, 0.2) is 38.2 Å². The Hall–Kier alpha value is -2.95. The molecule has 2 aromatic heterocycles. The summed E-state index contributed by atoms with van der Waals surface area (Å²) in [6.45, 7) is -0.000480. The zero-order valence-electron chi connectivity index (χ0n) is 13.2. The zero-order valence-corrected chi connectivity index (χ0v) is 13.2. The van der Waals surface area contributed by atoms with Crippen LogP contribution in [0.1, 0.15) is 24.1 Å². The number of hydrogen-bond donors (Lipinski definition) is 1. The van der Waals surface area contributed by atoms with Gasteiger partial charge in [-0.2, -0.15) is 13.2 Å². The fourth-order valence-corrected chi connectivity index (χ4v) is 2.39. The summed E-state index contributed by atoms with van der Waals surface area (Å²) >= 11 is 0. The lowest BCUT2D eigenvalue weighted by Crippen LogP contribution is -2.15. The van der Waals surface area contributed by atoms with Crippen molar-refractivity contribution in [3.05, 3.63) is 46.1 Å². The topological polar surface area (TPSA) is 107 Å². The van der Waals surface area contributed by atoms with Crippen LogP contribution in [-0.2, 0) is 12.6 Å². The van der Waals surface area contributed by atoms with E-state index < -0.39 is 17.5 Å². The highest BCUT2D eigenvalue weighted by molar-refractivity contribution is 5.55. The first-order valence-electron chi connectivity index (χ1n) is 7.61. The van der Waals surface area contributed by atoms with E-state index in [1.165, 1.54) is 12.1 Å². The maximum atomic E-state index is 12.9. The predicted molar refractivity (Wildman–Crippen MR) is 80.4 cm³/mol. The first kappa shape index (κ1) is 17.9. The average Bonchev–Trinajstić information content (AvgIpc) is 3.20. The second-order valence-corrected chi connectivity index (χ2v) is 5.40. The summed E-state index contributed by atoms with van der Waals surface area (Å²) < 4.78 is 49.0. The molecule has 0 radical (unpaired) electrons. The molecule has 0 aliphatic heterocycles. The number of aromatic nitrogens is 4. The quantitative estimate of drug-likeness (QED) is 0.663. The van der Waals surface area contributed by atoms with E-state index in [2.05, 4.69) is 24.6 Å². The van der Waals surface area contributed by atoms with Crippen LogP contribution in [0.2, 0.25) is 0 Å². The highest BCUT2D eigenvalue weighted by atomic mass is 19.4. The van der Waals surface area contributed by atoms with Crippen LogP contribution in [0, 0.1) is 0 Å². The number of benzene rings is 1. The van der Waals surface area contributed by atoms with Gasteiger partial charge in [-0.25, -0.2) is 14.0 Å². The molecule has 3 aromatic rings. The monoisotopic (exact) mass is 370 g/mol. The van der Waals surface area contributed by atoms with Crippen LogP contribution in [0.3, 0.4) is 0 Å². The molecule has 8 nitrogen and oxygen atoms in total. The number of unbranched alkanes of at least 4 members (excludes halogenated alkanes) is 1. The highest BCUT2D eigenvalue weighted by Crippen LogP contribution is 2.31. The zero-order chi connectivity index (χ0) is 18.7. The summed E-state index contributed by atoms with van der Waals surface area (Å²) in [6, 6.07) is 4.18. The highest BCUT2D eigenvalue weighted by Gasteiger charge is 2.31. The fourth-order valence-electron chi connectivity index (χ4n) is 2.39. The van der Waals surface area contributed by atoms with Crippen LogP contribution >= 0.6 is 0 Å². The Labute approximate surface area is 143 Å². The van der Waals surface area contributed by atoms with E-state index in [1.54, 1.807) is 0 Å². The van der Waals surface area contributed by atoms with E-state index in [4.69, 9.17) is 5.11 Å². The number of hydrogen-bond acceptors (Lipinski definition) is 7. The van der Waals surface area contributed by atoms with Gasteiger partial charge in [-0.05, 0) is 42.6 Å². The first-order chi connectivity index (χ1) is 12.4. The van der Waals surface area contributed by atoms with Crippen molar-refractivity contribution in [2.24, 2.45) is 0 Å². The van der Waals surface area contributed by atoms with Crippen LogP contribution < -0.4 is 5.76 Å². The standard InChI is InChI=1S/C15H13F3N4O4/c16-15(17,18)9-4-3-5-10(8-9)22-13(21-25-14(22)24)12-11(19-26-20-12)6-1-2-7-23/h3-5,8,23H,1-2,6-7H2. The molecule has 1 N–H and O–H groups in total. The SMILES string of the molecule is O=c1onc(-c2nonc2CCCCO)n1-c1cccc(C(F)(F)F)c1. The van der Waals surface area contributed by atoms with Gasteiger partial charge in [-0.15, -0.1) is 0 Å². The van der Waals surface area contributed by atoms with Gasteiger partial charge in [0, 0.05) is 6.61 Å². The lowest BCUT2D eigenvalue weighted by molar-refractivity contribution is -0.137. The summed E-state index contributed by atoms with van der Waals surface area (Å²) in [6.07, 6.45) is -3.10. The number of nitrogens with zero attached hydrogens (tertiary/aromatic N) is 4. The third-order valence-electron chi connectivity index (χ3n) is 3.63. The number of aliphatic hydroxyl groups is 1. The molecule has 26 heavy (non-hydrogen) atoms. The molecule has 11 heteroatoms. The third-order valence-corrected chi connectivity index (χ3v) is 3.63. The molecule has 2 heterocycles.